The molecule has 0 aliphatic rings. The lowest BCUT2D eigenvalue weighted by atomic mass is 10.2. The summed E-state index contributed by atoms with van der Waals surface area (Å²) in [5, 5.41) is 2.68. The Kier molecular flexibility index (Phi) is 4.71. The van der Waals surface area contributed by atoms with E-state index in [0.717, 1.165) is 20.8 Å². The number of anilines is 1. The van der Waals surface area contributed by atoms with Crippen molar-refractivity contribution in [2.75, 3.05) is 5.32 Å². The molecule has 7 nitrogen and oxygen atoms in total. The van der Waals surface area contributed by atoms with E-state index in [0.29, 0.717) is 11.4 Å². The molecule has 0 saturated heterocycles. The maximum Gasteiger partial charge on any atom is 0.328 e. The van der Waals surface area contributed by atoms with Crippen molar-refractivity contribution in [1.29, 1.82) is 0 Å². The van der Waals surface area contributed by atoms with Gasteiger partial charge in [0.25, 0.3) is 11.5 Å². The van der Waals surface area contributed by atoms with Gasteiger partial charge >= 0.3 is 5.69 Å². The highest BCUT2D eigenvalue weighted by Gasteiger charge is 2.16. The number of hydrogen-bond donors (Lipinski definition) is 2. The molecule has 0 spiro atoms. The Morgan fingerprint density at radius 2 is 2.12 bits per heavy atom. The third-order valence-corrected chi connectivity index (χ3v) is 4.13. The smallest absolute Gasteiger partial charge is 0.328 e. The first-order chi connectivity index (χ1) is 12.0. The molecule has 3 rings (SSSR count). The van der Waals surface area contributed by atoms with Crippen molar-refractivity contribution in [2.24, 2.45) is 0 Å². The molecule has 0 fully saturated rings. The molecule has 0 aliphatic carbocycles. The van der Waals surface area contributed by atoms with Gasteiger partial charge in [0.2, 0.25) is 0 Å². The van der Waals surface area contributed by atoms with E-state index >= 15 is 0 Å². The van der Waals surface area contributed by atoms with E-state index in [1.165, 1.54) is 6.26 Å². The molecule has 0 atom stereocenters. The molecular formula is C17H14BrN3O4. The van der Waals surface area contributed by atoms with Crippen LogP contribution in [0.4, 0.5) is 5.69 Å². The molecule has 0 aliphatic heterocycles. The number of carbonyl (C=O) groups excluding carboxylic acids is 1. The largest absolute Gasteiger partial charge is 0.467 e. The third kappa shape index (κ3) is 3.63. The predicted octanol–water partition coefficient (Wildman–Crippen LogP) is 2.50. The lowest BCUT2D eigenvalue weighted by molar-refractivity contribution is 0.102. The number of aryl methyl sites for hydroxylation is 1. The first-order valence-corrected chi connectivity index (χ1v) is 8.17. The summed E-state index contributed by atoms with van der Waals surface area (Å²) in [6.07, 6.45) is 2.56. The van der Waals surface area contributed by atoms with Crippen molar-refractivity contribution < 1.29 is 9.21 Å². The molecule has 2 heterocycles. The average Bonchev–Trinajstić information content (AvgIpc) is 3.07. The van der Waals surface area contributed by atoms with Gasteiger partial charge < -0.3 is 14.7 Å². The Balaban J connectivity index is 1.93. The molecule has 0 saturated carbocycles. The molecular weight excluding hydrogens is 390 g/mol. The van der Waals surface area contributed by atoms with Gasteiger partial charge in [0.15, 0.2) is 0 Å². The summed E-state index contributed by atoms with van der Waals surface area (Å²) in [6, 6.07) is 8.65. The van der Waals surface area contributed by atoms with E-state index < -0.39 is 17.2 Å². The van der Waals surface area contributed by atoms with Gasteiger partial charge in [-0.25, -0.2) is 4.79 Å². The Morgan fingerprint density at radius 3 is 2.80 bits per heavy atom. The number of benzene rings is 1. The Hall–Kier alpha value is -2.87. The van der Waals surface area contributed by atoms with E-state index in [1.807, 2.05) is 13.0 Å². The zero-order chi connectivity index (χ0) is 18.0. The van der Waals surface area contributed by atoms with Gasteiger partial charge in [-0.1, -0.05) is 15.9 Å². The number of nitrogens with zero attached hydrogens (tertiary/aromatic N) is 1. The highest BCUT2D eigenvalue weighted by molar-refractivity contribution is 9.10. The molecule has 2 N–H and O–H groups in total. The highest BCUT2D eigenvalue weighted by Crippen LogP contribution is 2.20. The minimum atomic E-state index is -0.688. The van der Waals surface area contributed by atoms with Crippen LogP contribution >= 0.6 is 15.9 Å². The van der Waals surface area contributed by atoms with Crippen molar-refractivity contribution in [3.63, 3.8) is 0 Å². The van der Waals surface area contributed by atoms with Crippen molar-refractivity contribution >= 4 is 27.5 Å². The quantitative estimate of drug-likeness (QED) is 0.698. The van der Waals surface area contributed by atoms with E-state index in [4.69, 9.17) is 4.42 Å². The van der Waals surface area contributed by atoms with E-state index in [1.54, 1.807) is 24.3 Å². The Morgan fingerprint density at radius 1 is 1.32 bits per heavy atom. The number of hydrogen-bond acceptors (Lipinski definition) is 4. The van der Waals surface area contributed by atoms with Gasteiger partial charge in [0.05, 0.1) is 12.8 Å². The summed E-state index contributed by atoms with van der Waals surface area (Å²) in [4.78, 5) is 39.3. The SMILES string of the molecule is Cc1cc(Br)ccc1NC(=O)c1c[nH]c(=O)n(Cc2ccco2)c1=O. The molecule has 3 aromatic rings. The van der Waals surface area contributed by atoms with Crippen molar-refractivity contribution in [2.45, 2.75) is 13.5 Å². The zero-order valence-electron chi connectivity index (χ0n) is 13.2. The van der Waals surface area contributed by atoms with Crippen molar-refractivity contribution in [3.05, 3.63) is 85.0 Å². The molecule has 2 aromatic heterocycles. The fourth-order valence-electron chi connectivity index (χ4n) is 2.33. The number of furan rings is 1. The lowest BCUT2D eigenvalue weighted by Gasteiger charge is -2.09. The number of aromatic nitrogens is 2. The van der Waals surface area contributed by atoms with Gasteiger partial charge in [-0.15, -0.1) is 0 Å². The van der Waals surface area contributed by atoms with Gasteiger partial charge in [0.1, 0.15) is 11.3 Å². The number of amides is 1. The van der Waals surface area contributed by atoms with Crippen LogP contribution in [-0.2, 0) is 6.54 Å². The fourth-order valence-corrected chi connectivity index (χ4v) is 2.81. The minimum absolute atomic E-state index is 0.0560. The van der Waals surface area contributed by atoms with Crippen molar-refractivity contribution in [3.8, 4) is 0 Å². The summed E-state index contributed by atoms with van der Waals surface area (Å²) in [7, 11) is 0. The Bertz CT molecular complexity index is 1030. The zero-order valence-corrected chi connectivity index (χ0v) is 14.8. The molecule has 1 amide bonds. The number of aromatic amines is 1. The molecule has 8 heteroatoms. The number of halogens is 1. The van der Waals surface area contributed by atoms with E-state index in [9.17, 15) is 14.4 Å². The normalized spacial score (nSPS) is 10.6. The van der Waals surface area contributed by atoms with Gasteiger partial charge in [-0.3, -0.25) is 14.2 Å². The first kappa shape index (κ1) is 17.0. The first-order valence-electron chi connectivity index (χ1n) is 7.38. The van der Waals surface area contributed by atoms with Gasteiger partial charge in [0, 0.05) is 16.4 Å². The number of nitrogens with one attached hydrogen (secondary N) is 2. The fraction of sp³-hybridized carbons (Fsp3) is 0.118. The lowest BCUT2D eigenvalue weighted by Crippen LogP contribution is -2.39. The second kappa shape index (κ2) is 6.94. The summed E-state index contributed by atoms with van der Waals surface area (Å²) in [5.74, 6) is -0.159. The maximum atomic E-state index is 12.5. The second-order valence-corrected chi connectivity index (χ2v) is 6.31. The van der Waals surface area contributed by atoms with E-state index in [2.05, 4.69) is 26.2 Å². The van der Waals surface area contributed by atoms with Crippen LogP contribution in [0.15, 0.2) is 61.3 Å². The summed E-state index contributed by atoms with van der Waals surface area (Å²) >= 11 is 3.35. The van der Waals surface area contributed by atoms with Crippen LogP contribution in [0, 0.1) is 6.92 Å². The predicted molar refractivity (Wildman–Crippen MR) is 96.0 cm³/mol. The van der Waals surface area contributed by atoms with Crippen LogP contribution in [0.25, 0.3) is 0 Å². The topological polar surface area (TPSA) is 97.1 Å². The van der Waals surface area contributed by atoms with Crippen LogP contribution in [0.1, 0.15) is 21.7 Å². The van der Waals surface area contributed by atoms with Gasteiger partial charge in [-0.2, -0.15) is 0 Å². The number of rotatable bonds is 4. The van der Waals surface area contributed by atoms with Crippen LogP contribution in [0.5, 0.6) is 0 Å². The van der Waals surface area contributed by atoms with Gasteiger partial charge in [-0.05, 0) is 42.8 Å². The standard InChI is InChI=1S/C17H14BrN3O4/c1-10-7-11(18)4-5-14(10)20-15(22)13-8-19-17(24)21(16(13)23)9-12-3-2-6-25-12/h2-8H,9H2,1H3,(H,19,24)(H,20,22). The summed E-state index contributed by atoms with van der Waals surface area (Å²) in [6.45, 7) is 1.78. The average molecular weight is 404 g/mol. The Labute approximate surface area is 150 Å². The molecule has 128 valence electrons. The number of H-pyrrole nitrogens is 1. The van der Waals surface area contributed by atoms with Crippen LogP contribution in [0.2, 0.25) is 0 Å². The summed E-state index contributed by atoms with van der Waals surface area (Å²) < 4.78 is 6.95. The molecule has 1 aromatic carbocycles. The molecule has 0 bridgehead atoms. The monoisotopic (exact) mass is 403 g/mol. The van der Waals surface area contributed by atoms with E-state index in [-0.39, 0.29) is 12.1 Å². The molecule has 25 heavy (non-hydrogen) atoms. The highest BCUT2D eigenvalue weighted by atomic mass is 79.9. The van der Waals surface area contributed by atoms with Crippen LogP contribution in [-0.4, -0.2) is 15.5 Å². The summed E-state index contributed by atoms with van der Waals surface area (Å²) in [5.41, 5.74) is -0.0434. The minimum Gasteiger partial charge on any atom is -0.467 e. The maximum absolute atomic E-state index is 12.5. The van der Waals surface area contributed by atoms with Crippen LogP contribution in [0.3, 0.4) is 0 Å². The second-order valence-electron chi connectivity index (χ2n) is 5.39. The number of carbonyl (C=O) groups is 1. The van der Waals surface area contributed by atoms with Crippen molar-refractivity contribution in [1.82, 2.24) is 9.55 Å². The molecule has 0 radical (unpaired) electrons. The third-order valence-electron chi connectivity index (χ3n) is 3.64. The molecule has 0 unspecified atom stereocenters. The van der Waals surface area contributed by atoms with Crippen LogP contribution < -0.4 is 16.6 Å².